The summed E-state index contributed by atoms with van der Waals surface area (Å²) in [6.07, 6.45) is 6.31. The molecule has 108 valence electrons. The van der Waals surface area contributed by atoms with Gasteiger partial charge in [-0.2, -0.15) is 0 Å². The molecule has 0 radical (unpaired) electrons. The van der Waals surface area contributed by atoms with Crippen molar-refractivity contribution in [3.05, 3.63) is 34.3 Å². The van der Waals surface area contributed by atoms with Gasteiger partial charge in [-0.15, -0.1) is 0 Å². The van der Waals surface area contributed by atoms with E-state index in [0.29, 0.717) is 6.04 Å². The fourth-order valence-electron chi connectivity index (χ4n) is 2.30. The van der Waals surface area contributed by atoms with Crippen LogP contribution in [0.15, 0.2) is 28.7 Å². The minimum atomic E-state index is 0.625. The van der Waals surface area contributed by atoms with Gasteiger partial charge in [0.25, 0.3) is 0 Å². The topological polar surface area (TPSA) is 12.0 Å². The average Bonchev–Trinajstić information content (AvgIpc) is 2.38. The van der Waals surface area contributed by atoms with E-state index in [1.165, 1.54) is 31.2 Å². The maximum atomic E-state index is 3.69. The highest BCUT2D eigenvalue weighted by molar-refractivity contribution is 9.10. The molecule has 1 aromatic rings. The van der Waals surface area contributed by atoms with Gasteiger partial charge in [-0.05, 0) is 49.4 Å². The lowest BCUT2D eigenvalue weighted by atomic mass is 9.98. The Bertz CT molecular complexity index is 332. The third-order valence-corrected chi connectivity index (χ3v) is 3.94. The zero-order chi connectivity index (χ0) is 14.1. The summed E-state index contributed by atoms with van der Waals surface area (Å²) >= 11 is 3.50. The first-order valence-electron chi connectivity index (χ1n) is 7.59. The van der Waals surface area contributed by atoms with Gasteiger partial charge < -0.3 is 5.32 Å². The zero-order valence-corrected chi connectivity index (χ0v) is 14.2. The van der Waals surface area contributed by atoms with Crippen LogP contribution in [0.4, 0.5) is 0 Å². The van der Waals surface area contributed by atoms with Crippen molar-refractivity contribution in [2.75, 3.05) is 6.54 Å². The molecule has 0 aliphatic carbocycles. The van der Waals surface area contributed by atoms with Crippen LogP contribution in [0, 0.1) is 5.92 Å². The highest BCUT2D eigenvalue weighted by Crippen LogP contribution is 2.15. The van der Waals surface area contributed by atoms with Crippen LogP contribution in [-0.4, -0.2) is 12.6 Å². The Hall–Kier alpha value is -0.340. The normalized spacial score (nSPS) is 12.9. The molecule has 1 nitrogen and oxygen atoms in total. The second kappa shape index (κ2) is 9.55. The molecule has 0 aliphatic rings. The molecule has 1 N–H and O–H groups in total. The third kappa shape index (κ3) is 7.74. The lowest BCUT2D eigenvalue weighted by Gasteiger charge is -2.19. The minimum Gasteiger partial charge on any atom is -0.314 e. The predicted octanol–water partition coefficient (Wildman–Crippen LogP) is 5.19. The summed E-state index contributed by atoms with van der Waals surface area (Å²) in [6, 6.07) is 9.36. The van der Waals surface area contributed by atoms with Gasteiger partial charge in [0.2, 0.25) is 0 Å². The van der Waals surface area contributed by atoms with Crippen molar-refractivity contribution < 1.29 is 0 Å². The maximum absolute atomic E-state index is 3.69. The van der Waals surface area contributed by atoms with Crippen LogP contribution in [0.1, 0.15) is 52.0 Å². The van der Waals surface area contributed by atoms with Crippen LogP contribution in [0.25, 0.3) is 0 Å². The first-order valence-corrected chi connectivity index (χ1v) is 8.39. The van der Waals surface area contributed by atoms with Crippen LogP contribution in [-0.2, 0) is 6.42 Å². The van der Waals surface area contributed by atoms with Crippen molar-refractivity contribution in [3.63, 3.8) is 0 Å². The highest BCUT2D eigenvalue weighted by atomic mass is 79.9. The van der Waals surface area contributed by atoms with Crippen LogP contribution in [0.2, 0.25) is 0 Å². The predicted molar refractivity (Wildman–Crippen MR) is 88.6 cm³/mol. The summed E-state index contributed by atoms with van der Waals surface area (Å²) in [5.41, 5.74) is 1.43. The van der Waals surface area contributed by atoms with Crippen LogP contribution < -0.4 is 5.32 Å². The van der Waals surface area contributed by atoms with Crippen LogP contribution in [0.5, 0.6) is 0 Å². The largest absolute Gasteiger partial charge is 0.314 e. The lowest BCUT2D eigenvalue weighted by molar-refractivity contribution is 0.434. The van der Waals surface area contributed by atoms with E-state index in [9.17, 15) is 0 Å². The van der Waals surface area contributed by atoms with Gasteiger partial charge in [-0.3, -0.25) is 0 Å². The fraction of sp³-hybridized carbons (Fsp3) is 0.647. The van der Waals surface area contributed by atoms with Crippen molar-refractivity contribution in [2.24, 2.45) is 5.92 Å². The summed E-state index contributed by atoms with van der Waals surface area (Å²) in [4.78, 5) is 0. The van der Waals surface area contributed by atoms with Crippen LogP contribution in [0.3, 0.4) is 0 Å². The molecule has 1 aromatic carbocycles. The maximum Gasteiger partial charge on any atom is 0.0175 e. The summed E-state index contributed by atoms with van der Waals surface area (Å²) in [5, 5.41) is 3.69. The lowest BCUT2D eigenvalue weighted by Crippen LogP contribution is -2.31. The van der Waals surface area contributed by atoms with Gasteiger partial charge in [0.15, 0.2) is 0 Å². The molecule has 19 heavy (non-hydrogen) atoms. The highest BCUT2D eigenvalue weighted by Gasteiger charge is 2.09. The van der Waals surface area contributed by atoms with E-state index in [-0.39, 0.29) is 0 Å². The molecule has 0 fully saturated rings. The molecule has 0 heterocycles. The van der Waals surface area contributed by atoms with E-state index in [1.807, 2.05) is 0 Å². The molecule has 2 heteroatoms. The number of benzene rings is 1. The molecule has 0 saturated heterocycles. The Morgan fingerprint density at radius 2 is 1.79 bits per heavy atom. The molecule has 0 aromatic heterocycles. The van der Waals surface area contributed by atoms with Crippen molar-refractivity contribution >= 4 is 15.9 Å². The SMILES string of the molecule is CCCNC(CCCC(C)C)Cc1ccc(Br)cc1. The quantitative estimate of drug-likeness (QED) is 0.659. The monoisotopic (exact) mass is 325 g/mol. The molecule has 0 saturated carbocycles. The second-order valence-corrected chi connectivity index (χ2v) is 6.72. The molecule has 0 aliphatic heterocycles. The van der Waals surface area contributed by atoms with E-state index >= 15 is 0 Å². The van der Waals surface area contributed by atoms with E-state index < -0.39 is 0 Å². The summed E-state index contributed by atoms with van der Waals surface area (Å²) < 4.78 is 1.16. The van der Waals surface area contributed by atoms with Gasteiger partial charge in [0.05, 0.1) is 0 Å². The number of halogens is 1. The Kier molecular flexibility index (Phi) is 8.40. The number of hydrogen-bond acceptors (Lipinski definition) is 1. The third-order valence-electron chi connectivity index (χ3n) is 3.41. The molecule has 0 bridgehead atoms. The Morgan fingerprint density at radius 3 is 2.37 bits per heavy atom. The summed E-state index contributed by atoms with van der Waals surface area (Å²) in [6.45, 7) is 7.98. The van der Waals surface area contributed by atoms with Crippen molar-refractivity contribution in [1.29, 1.82) is 0 Å². The van der Waals surface area contributed by atoms with E-state index in [4.69, 9.17) is 0 Å². The van der Waals surface area contributed by atoms with Crippen molar-refractivity contribution in [3.8, 4) is 0 Å². The standard InChI is InChI=1S/C17H28BrN/c1-4-12-19-17(7-5-6-14(2)3)13-15-8-10-16(18)11-9-15/h8-11,14,17,19H,4-7,12-13H2,1-3H3. The Balaban J connectivity index is 2.45. The Labute approximate surface area is 127 Å². The Morgan fingerprint density at radius 1 is 1.11 bits per heavy atom. The minimum absolute atomic E-state index is 0.625. The van der Waals surface area contributed by atoms with Gasteiger partial charge >= 0.3 is 0 Å². The molecular weight excluding hydrogens is 298 g/mol. The van der Waals surface area contributed by atoms with Gasteiger partial charge in [-0.1, -0.05) is 61.7 Å². The fourth-order valence-corrected chi connectivity index (χ4v) is 2.57. The number of hydrogen-bond donors (Lipinski definition) is 1. The smallest absolute Gasteiger partial charge is 0.0175 e. The molecule has 1 rings (SSSR count). The zero-order valence-electron chi connectivity index (χ0n) is 12.6. The number of rotatable bonds is 9. The molecule has 0 spiro atoms. The molecule has 1 atom stereocenters. The van der Waals surface area contributed by atoms with E-state index in [0.717, 1.165) is 23.4 Å². The van der Waals surface area contributed by atoms with E-state index in [2.05, 4.69) is 66.3 Å². The summed E-state index contributed by atoms with van der Waals surface area (Å²) in [7, 11) is 0. The van der Waals surface area contributed by atoms with E-state index in [1.54, 1.807) is 0 Å². The number of nitrogens with one attached hydrogen (secondary N) is 1. The first kappa shape index (κ1) is 16.7. The summed E-state index contributed by atoms with van der Waals surface area (Å²) in [5.74, 6) is 0.819. The first-order chi connectivity index (χ1) is 9.11. The van der Waals surface area contributed by atoms with Gasteiger partial charge in [0, 0.05) is 10.5 Å². The second-order valence-electron chi connectivity index (χ2n) is 5.81. The molecular formula is C17H28BrN. The van der Waals surface area contributed by atoms with Gasteiger partial charge in [-0.25, -0.2) is 0 Å². The molecule has 0 amide bonds. The average molecular weight is 326 g/mol. The van der Waals surface area contributed by atoms with Crippen molar-refractivity contribution in [2.45, 2.75) is 58.9 Å². The van der Waals surface area contributed by atoms with Crippen molar-refractivity contribution in [1.82, 2.24) is 5.32 Å². The van der Waals surface area contributed by atoms with Crippen LogP contribution >= 0.6 is 15.9 Å². The molecule has 1 unspecified atom stereocenters. The van der Waals surface area contributed by atoms with Gasteiger partial charge in [0.1, 0.15) is 0 Å².